The van der Waals surface area contributed by atoms with Crippen LogP contribution in [0.1, 0.15) is 61.3 Å². The van der Waals surface area contributed by atoms with Gasteiger partial charge in [-0.05, 0) is 84.8 Å². The van der Waals surface area contributed by atoms with Gasteiger partial charge in [0.15, 0.2) is 0 Å². The van der Waals surface area contributed by atoms with E-state index in [1.807, 2.05) is 54.6 Å². The van der Waals surface area contributed by atoms with Gasteiger partial charge < -0.3 is 9.47 Å². The number of nitrogens with zero attached hydrogens (tertiary/aromatic N) is 1. The molecule has 0 amide bonds. The zero-order chi connectivity index (χ0) is 30.5. The van der Waals surface area contributed by atoms with Crippen LogP contribution in [0.2, 0.25) is 0 Å². The zero-order valence-corrected chi connectivity index (χ0v) is 25.1. The highest BCUT2D eigenvalue weighted by molar-refractivity contribution is 5.91. The first kappa shape index (κ1) is 29.1. The smallest absolute Gasteiger partial charge is 0.311 e. The number of benzene rings is 4. The fraction of sp³-hybridized carbons (Fsp3) is 0.205. The van der Waals surface area contributed by atoms with Gasteiger partial charge in [-0.2, -0.15) is 0 Å². The first-order valence-electron chi connectivity index (χ1n) is 15.2. The van der Waals surface area contributed by atoms with Crippen molar-refractivity contribution in [2.24, 2.45) is 0 Å². The van der Waals surface area contributed by atoms with Crippen LogP contribution in [-0.2, 0) is 15.0 Å². The van der Waals surface area contributed by atoms with Crippen LogP contribution < -0.4 is 9.47 Å². The Morgan fingerprint density at radius 2 is 1.34 bits per heavy atom. The van der Waals surface area contributed by atoms with E-state index in [1.54, 1.807) is 24.3 Å². The van der Waals surface area contributed by atoms with Crippen molar-refractivity contribution >= 4 is 28.9 Å². The van der Waals surface area contributed by atoms with Gasteiger partial charge in [0.1, 0.15) is 11.5 Å². The lowest BCUT2D eigenvalue weighted by atomic mass is 9.71. The summed E-state index contributed by atoms with van der Waals surface area (Å²) >= 11 is 0. The molecule has 5 heteroatoms. The van der Waals surface area contributed by atoms with E-state index in [0.29, 0.717) is 24.3 Å². The van der Waals surface area contributed by atoms with Crippen LogP contribution >= 0.6 is 0 Å². The fourth-order valence-corrected chi connectivity index (χ4v) is 6.31. The number of rotatable bonds is 10. The van der Waals surface area contributed by atoms with E-state index >= 15 is 0 Å². The van der Waals surface area contributed by atoms with Gasteiger partial charge in [-0.25, -0.2) is 4.98 Å². The number of hydrogen-bond donors (Lipinski definition) is 0. The number of carbonyl (C=O) groups is 2. The molecule has 1 aliphatic carbocycles. The van der Waals surface area contributed by atoms with Crippen molar-refractivity contribution in [2.45, 2.75) is 51.4 Å². The minimum absolute atomic E-state index is 0.171. The lowest BCUT2D eigenvalue weighted by Gasteiger charge is -2.32. The molecule has 0 spiro atoms. The van der Waals surface area contributed by atoms with Crippen molar-refractivity contribution in [3.05, 3.63) is 131 Å². The molecule has 0 radical (unpaired) electrons. The van der Waals surface area contributed by atoms with Crippen molar-refractivity contribution in [2.75, 3.05) is 0 Å². The molecule has 220 valence electrons. The predicted molar refractivity (Wildman–Crippen MR) is 175 cm³/mol. The maximum atomic E-state index is 13.2. The van der Waals surface area contributed by atoms with Crippen molar-refractivity contribution in [1.29, 1.82) is 0 Å². The first-order valence-corrected chi connectivity index (χ1v) is 15.2. The van der Waals surface area contributed by atoms with Crippen LogP contribution in [0.5, 0.6) is 11.5 Å². The summed E-state index contributed by atoms with van der Waals surface area (Å²) in [5.74, 6) is 0.401. The summed E-state index contributed by atoms with van der Waals surface area (Å²) in [5.41, 5.74) is 6.64. The van der Waals surface area contributed by atoms with Gasteiger partial charge in [0.25, 0.3) is 0 Å². The molecule has 0 unspecified atom stereocenters. The predicted octanol–water partition coefficient (Wildman–Crippen LogP) is 9.00. The number of pyridine rings is 1. The van der Waals surface area contributed by atoms with Gasteiger partial charge >= 0.3 is 11.9 Å². The van der Waals surface area contributed by atoms with Gasteiger partial charge in [0.05, 0.1) is 11.2 Å². The average molecular weight is 582 g/mol. The number of esters is 2. The molecule has 0 fully saturated rings. The summed E-state index contributed by atoms with van der Waals surface area (Å²) in [7, 11) is 0. The Bertz CT molecular complexity index is 1790. The van der Waals surface area contributed by atoms with Crippen molar-refractivity contribution in [1.82, 2.24) is 4.98 Å². The third kappa shape index (κ3) is 5.78. The average Bonchev–Trinajstić information content (AvgIpc) is 3.31. The minimum atomic E-state index is -0.648. The van der Waals surface area contributed by atoms with Gasteiger partial charge in [0, 0.05) is 29.2 Å². The lowest BCUT2D eigenvalue weighted by Crippen LogP contribution is -2.29. The Labute approximate surface area is 258 Å². The molecule has 0 saturated heterocycles. The number of aromatic nitrogens is 1. The van der Waals surface area contributed by atoms with Crippen LogP contribution in [0.25, 0.3) is 28.2 Å². The molecule has 0 aliphatic heterocycles. The number of allylic oxidation sites excluding steroid dienone is 1. The molecule has 6 rings (SSSR count). The topological polar surface area (TPSA) is 65.5 Å². The van der Waals surface area contributed by atoms with Crippen LogP contribution in [0, 0.1) is 6.92 Å². The summed E-state index contributed by atoms with van der Waals surface area (Å²) in [6, 6.07) is 32.8. The van der Waals surface area contributed by atoms with E-state index in [2.05, 4.69) is 50.3 Å². The van der Waals surface area contributed by atoms with Crippen LogP contribution in [0.15, 0.2) is 109 Å². The summed E-state index contributed by atoms with van der Waals surface area (Å²) in [6.07, 6.45) is 6.51. The molecule has 1 heterocycles. The second kappa shape index (κ2) is 12.7. The monoisotopic (exact) mass is 581 g/mol. The Morgan fingerprint density at radius 1 is 0.750 bits per heavy atom. The second-order valence-corrected chi connectivity index (χ2v) is 11.2. The molecule has 0 saturated carbocycles. The van der Waals surface area contributed by atoms with Crippen molar-refractivity contribution in [3.8, 4) is 22.8 Å². The molecule has 0 bridgehead atoms. The molecule has 0 N–H and O–H groups in total. The van der Waals surface area contributed by atoms with Crippen molar-refractivity contribution in [3.63, 3.8) is 0 Å². The number of para-hydroxylation sites is 3. The maximum Gasteiger partial charge on any atom is 0.311 e. The van der Waals surface area contributed by atoms with Gasteiger partial charge in [-0.3, -0.25) is 9.59 Å². The summed E-state index contributed by atoms with van der Waals surface area (Å²) in [6.45, 7) is 4.26. The third-order valence-electron chi connectivity index (χ3n) is 8.49. The Kier molecular flexibility index (Phi) is 8.38. The highest BCUT2D eigenvalue weighted by atomic mass is 16.5. The zero-order valence-electron chi connectivity index (χ0n) is 25.1. The molecule has 0 atom stereocenters. The fourth-order valence-electron chi connectivity index (χ4n) is 6.31. The second-order valence-electron chi connectivity index (χ2n) is 11.2. The summed E-state index contributed by atoms with van der Waals surface area (Å²) in [5, 5.41) is 1.02. The van der Waals surface area contributed by atoms with Crippen LogP contribution in [0.3, 0.4) is 0 Å². The Balaban J connectivity index is 1.44. The maximum absolute atomic E-state index is 13.2. The van der Waals surface area contributed by atoms with Gasteiger partial charge in [-0.1, -0.05) is 85.8 Å². The van der Waals surface area contributed by atoms with Crippen molar-refractivity contribution < 1.29 is 19.1 Å². The standard InChI is InChI=1S/C39H35NO4/c1-3-4-13-28-20-21-32-37(27(28)2)38-33(26-29-14-11-12-19-34(29)40-38)39(32,24-22-35(41)43-30-15-7-5-8-16-30)25-23-36(42)44-31-17-9-6-10-18-31/h4-21,26H,3,22-25H2,1-2H3/b13-4-. The third-order valence-corrected chi connectivity index (χ3v) is 8.49. The molecule has 1 aliphatic rings. The van der Waals surface area contributed by atoms with E-state index in [4.69, 9.17) is 14.5 Å². The highest BCUT2D eigenvalue weighted by Gasteiger charge is 2.45. The van der Waals surface area contributed by atoms with E-state index in [9.17, 15) is 9.59 Å². The lowest BCUT2D eigenvalue weighted by molar-refractivity contribution is -0.134. The molecule has 1 aromatic heterocycles. The minimum Gasteiger partial charge on any atom is -0.427 e. The SMILES string of the molecule is CC/C=C\c1ccc2c(c1C)-c1nc3ccccc3cc1C2(CCC(=O)Oc1ccccc1)CCC(=O)Oc1ccccc1. The molecule has 5 aromatic rings. The molecule has 44 heavy (non-hydrogen) atoms. The van der Waals surface area contributed by atoms with Gasteiger partial charge in [-0.15, -0.1) is 0 Å². The molecule has 4 aromatic carbocycles. The normalized spacial score (nSPS) is 13.0. The van der Waals surface area contributed by atoms with E-state index in [-0.39, 0.29) is 24.8 Å². The molecular formula is C39H35NO4. The summed E-state index contributed by atoms with van der Waals surface area (Å²) in [4.78, 5) is 31.7. The Morgan fingerprint density at radius 3 is 1.95 bits per heavy atom. The molecule has 5 nitrogen and oxygen atoms in total. The highest BCUT2D eigenvalue weighted by Crippen LogP contribution is 2.55. The quantitative estimate of drug-likeness (QED) is 0.122. The van der Waals surface area contributed by atoms with E-state index in [0.717, 1.165) is 50.8 Å². The molecular weight excluding hydrogens is 546 g/mol. The van der Waals surface area contributed by atoms with Gasteiger partial charge in [0.2, 0.25) is 0 Å². The first-order chi connectivity index (χ1) is 21.5. The Hall–Kier alpha value is -5.03. The van der Waals surface area contributed by atoms with Crippen LogP contribution in [0.4, 0.5) is 0 Å². The van der Waals surface area contributed by atoms with Crippen LogP contribution in [-0.4, -0.2) is 16.9 Å². The number of hydrogen-bond acceptors (Lipinski definition) is 5. The number of fused-ring (bicyclic) bond motifs is 4. The summed E-state index contributed by atoms with van der Waals surface area (Å²) < 4.78 is 11.4. The van der Waals surface area contributed by atoms with E-state index < -0.39 is 5.41 Å². The van der Waals surface area contributed by atoms with E-state index in [1.165, 1.54) is 0 Å². The largest absolute Gasteiger partial charge is 0.427 e. The number of carbonyl (C=O) groups excluding carboxylic acids is 2. The number of ether oxygens (including phenoxy) is 2.